The average molecular weight is 334 g/mol. The summed E-state index contributed by atoms with van der Waals surface area (Å²) in [5.74, 6) is -1.28. The van der Waals surface area contributed by atoms with Crippen molar-refractivity contribution in [3.05, 3.63) is 35.0 Å². The molecule has 6 nitrogen and oxygen atoms in total. The zero-order chi connectivity index (χ0) is 16.8. The number of carbonyl (C=O) groups excluding carboxylic acids is 2. The van der Waals surface area contributed by atoms with Gasteiger partial charge in [0.15, 0.2) is 0 Å². The van der Waals surface area contributed by atoms with E-state index in [-0.39, 0.29) is 5.70 Å². The minimum atomic E-state index is -0.647. The molecule has 1 N–H and O–H groups in total. The third-order valence-corrected chi connectivity index (χ3v) is 4.12. The molecular weight excluding hydrogens is 316 g/mol. The van der Waals surface area contributed by atoms with Crippen LogP contribution in [0.4, 0.5) is 5.69 Å². The normalized spacial score (nSPS) is 11.3. The Balaban J connectivity index is 2.28. The Morgan fingerprint density at radius 1 is 1.30 bits per heavy atom. The third kappa shape index (κ3) is 4.29. The molecule has 0 spiro atoms. The van der Waals surface area contributed by atoms with E-state index < -0.39 is 11.9 Å². The minimum Gasteiger partial charge on any atom is -0.466 e. The second kappa shape index (κ2) is 7.73. The van der Waals surface area contributed by atoms with Crippen molar-refractivity contribution in [2.75, 3.05) is 19.5 Å². The van der Waals surface area contributed by atoms with E-state index in [1.54, 1.807) is 17.4 Å². The van der Waals surface area contributed by atoms with Crippen molar-refractivity contribution in [3.8, 4) is 0 Å². The van der Waals surface area contributed by atoms with Crippen molar-refractivity contribution in [3.63, 3.8) is 0 Å². The Morgan fingerprint density at radius 3 is 2.74 bits per heavy atom. The highest BCUT2D eigenvalue weighted by atomic mass is 32.1. The summed E-state index contributed by atoms with van der Waals surface area (Å²) in [6.07, 6.45) is 3.04. The standard InChI is InChI=1S/C16H18N2O4S/c1-4-5-14-18-11-7-6-10(8-13(11)23-14)17-12(16(20)22-3)9-15(19)21-2/h6-9,17H,4-5H2,1-3H3/b12-9+. The monoisotopic (exact) mass is 334 g/mol. The Morgan fingerprint density at radius 2 is 2.09 bits per heavy atom. The molecule has 0 aliphatic heterocycles. The zero-order valence-corrected chi connectivity index (χ0v) is 14.0. The maximum absolute atomic E-state index is 11.8. The van der Waals surface area contributed by atoms with E-state index in [1.165, 1.54) is 14.2 Å². The van der Waals surface area contributed by atoms with Crippen molar-refractivity contribution in [2.45, 2.75) is 19.8 Å². The van der Waals surface area contributed by atoms with Crippen LogP contribution in [0.25, 0.3) is 10.2 Å². The number of aryl methyl sites for hydroxylation is 1. The van der Waals surface area contributed by atoms with E-state index in [2.05, 4.69) is 26.7 Å². The molecule has 0 fully saturated rings. The van der Waals surface area contributed by atoms with E-state index in [4.69, 9.17) is 0 Å². The summed E-state index contributed by atoms with van der Waals surface area (Å²) in [4.78, 5) is 27.7. The number of nitrogens with one attached hydrogen (secondary N) is 1. The number of nitrogens with zero attached hydrogens (tertiary/aromatic N) is 1. The molecular formula is C16H18N2O4S. The van der Waals surface area contributed by atoms with Gasteiger partial charge in [-0.2, -0.15) is 0 Å². The molecule has 0 saturated heterocycles. The number of hydrogen-bond donors (Lipinski definition) is 1. The zero-order valence-electron chi connectivity index (χ0n) is 13.2. The Labute approximate surface area is 138 Å². The Kier molecular flexibility index (Phi) is 5.70. The van der Waals surface area contributed by atoms with Crippen molar-refractivity contribution in [2.24, 2.45) is 0 Å². The molecule has 0 unspecified atom stereocenters. The highest BCUT2D eigenvalue weighted by molar-refractivity contribution is 7.18. The molecule has 0 bridgehead atoms. The van der Waals surface area contributed by atoms with Crippen molar-refractivity contribution < 1.29 is 19.1 Å². The van der Waals surface area contributed by atoms with Crippen molar-refractivity contribution in [1.82, 2.24) is 4.98 Å². The van der Waals surface area contributed by atoms with Crippen LogP contribution in [0, 0.1) is 0 Å². The number of rotatable bonds is 6. The fourth-order valence-electron chi connectivity index (χ4n) is 1.96. The van der Waals surface area contributed by atoms with Crippen LogP contribution in [0.3, 0.4) is 0 Å². The summed E-state index contributed by atoms with van der Waals surface area (Å²) >= 11 is 1.62. The van der Waals surface area contributed by atoms with Crippen LogP contribution in [-0.2, 0) is 25.5 Å². The number of thiazole rings is 1. The van der Waals surface area contributed by atoms with E-state index in [1.807, 2.05) is 12.1 Å². The van der Waals surface area contributed by atoms with Gasteiger partial charge in [0.05, 0.1) is 35.5 Å². The minimum absolute atomic E-state index is 0.0111. The number of anilines is 1. The van der Waals surface area contributed by atoms with Gasteiger partial charge in [-0.3, -0.25) is 0 Å². The first-order valence-electron chi connectivity index (χ1n) is 7.11. The second-order valence-corrected chi connectivity index (χ2v) is 5.85. The highest BCUT2D eigenvalue weighted by Crippen LogP contribution is 2.26. The molecule has 0 aliphatic carbocycles. The molecule has 1 heterocycles. The van der Waals surface area contributed by atoms with Crippen LogP contribution in [0.1, 0.15) is 18.4 Å². The van der Waals surface area contributed by atoms with Gasteiger partial charge in [-0.1, -0.05) is 6.92 Å². The van der Waals surface area contributed by atoms with Crippen LogP contribution in [0.15, 0.2) is 30.0 Å². The fourth-order valence-corrected chi connectivity index (χ4v) is 3.07. The first-order valence-corrected chi connectivity index (χ1v) is 7.93. The summed E-state index contributed by atoms with van der Waals surface area (Å²) in [7, 11) is 2.49. The molecule has 23 heavy (non-hydrogen) atoms. The summed E-state index contributed by atoms with van der Waals surface area (Å²) in [5.41, 5.74) is 1.60. The first kappa shape index (κ1) is 17.0. The molecule has 7 heteroatoms. The van der Waals surface area contributed by atoms with Crippen LogP contribution >= 0.6 is 11.3 Å². The third-order valence-electron chi connectivity index (χ3n) is 3.04. The number of aromatic nitrogens is 1. The Bertz CT molecular complexity index is 752. The van der Waals surface area contributed by atoms with Gasteiger partial charge in [-0.05, 0) is 31.0 Å². The van der Waals surface area contributed by atoms with Crippen molar-refractivity contribution >= 4 is 39.2 Å². The molecule has 0 atom stereocenters. The molecule has 0 saturated carbocycles. The molecule has 0 amide bonds. The number of ether oxygens (including phenoxy) is 2. The summed E-state index contributed by atoms with van der Waals surface area (Å²) < 4.78 is 10.2. The predicted molar refractivity (Wildman–Crippen MR) is 89.4 cm³/mol. The number of esters is 2. The van der Waals surface area contributed by atoms with Gasteiger partial charge in [-0.15, -0.1) is 11.3 Å². The second-order valence-electron chi connectivity index (χ2n) is 4.74. The lowest BCUT2D eigenvalue weighted by molar-refractivity contribution is -0.138. The molecule has 2 rings (SSSR count). The summed E-state index contributed by atoms with van der Waals surface area (Å²) in [6.45, 7) is 2.11. The predicted octanol–water partition coefficient (Wildman–Crippen LogP) is 2.89. The fraction of sp³-hybridized carbons (Fsp3) is 0.312. The van der Waals surface area contributed by atoms with Gasteiger partial charge in [0.2, 0.25) is 0 Å². The maximum Gasteiger partial charge on any atom is 0.354 e. The lowest BCUT2D eigenvalue weighted by Crippen LogP contribution is -2.15. The SMILES string of the molecule is CCCc1nc2ccc(N/C(=C/C(=O)OC)C(=O)OC)cc2s1. The molecule has 1 aromatic heterocycles. The van der Waals surface area contributed by atoms with Crippen LogP contribution < -0.4 is 5.32 Å². The maximum atomic E-state index is 11.8. The van der Waals surface area contributed by atoms with Crippen LogP contribution in [0.2, 0.25) is 0 Å². The van der Waals surface area contributed by atoms with Gasteiger partial charge in [0.25, 0.3) is 0 Å². The van der Waals surface area contributed by atoms with Gasteiger partial charge >= 0.3 is 11.9 Å². The molecule has 0 radical (unpaired) electrons. The number of methoxy groups -OCH3 is 2. The van der Waals surface area contributed by atoms with Crippen LogP contribution in [-0.4, -0.2) is 31.1 Å². The average Bonchev–Trinajstić information content (AvgIpc) is 2.95. The summed E-state index contributed by atoms with van der Waals surface area (Å²) in [6, 6.07) is 5.56. The molecule has 0 aliphatic rings. The van der Waals surface area contributed by atoms with Crippen molar-refractivity contribution in [1.29, 1.82) is 0 Å². The number of hydrogen-bond acceptors (Lipinski definition) is 7. The first-order chi connectivity index (χ1) is 11.1. The lowest BCUT2D eigenvalue weighted by atomic mass is 10.2. The smallest absolute Gasteiger partial charge is 0.354 e. The highest BCUT2D eigenvalue weighted by Gasteiger charge is 2.13. The van der Waals surface area contributed by atoms with Crippen LogP contribution in [0.5, 0.6) is 0 Å². The van der Waals surface area contributed by atoms with Gasteiger partial charge in [-0.25, -0.2) is 14.6 Å². The quantitative estimate of drug-likeness (QED) is 0.646. The van der Waals surface area contributed by atoms with E-state index in [9.17, 15) is 9.59 Å². The van der Waals surface area contributed by atoms with Gasteiger partial charge in [0.1, 0.15) is 5.70 Å². The molecule has 1 aromatic carbocycles. The number of benzene rings is 1. The van der Waals surface area contributed by atoms with Gasteiger partial charge < -0.3 is 14.8 Å². The molecule has 2 aromatic rings. The lowest BCUT2D eigenvalue weighted by Gasteiger charge is -2.08. The van der Waals surface area contributed by atoms with E-state index in [0.29, 0.717) is 5.69 Å². The summed E-state index contributed by atoms with van der Waals surface area (Å²) in [5, 5.41) is 3.97. The number of fused-ring (bicyclic) bond motifs is 1. The van der Waals surface area contributed by atoms with E-state index >= 15 is 0 Å². The topological polar surface area (TPSA) is 77.5 Å². The number of carbonyl (C=O) groups is 2. The van der Waals surface area contributed by atoms with Gasteiger partial charge in [0, 0.05) is 5.69 Å². The Hall–Kier alpha value is -2.41. The molecule has 122 valence electrons. The van der Waals surface area contributed by atoms with E-state index in [0.717, 1.165) is 34.1 Å². The largest absolute Gasteiger partial charge is 0.466 e.